The second-order valence-corrected chi connectivity index (χ2v) is 7.31. The number of benzene rings is 1. The predicted molar refractivity (Wildman–Crippen MR) is 92.0 cm³/mol. The van der Waals surface area contributed by atoms with E-state index < -0.39 is 17.8 Å². The molecule has 0 spiro atoms. The van der Waals surface area contributed by atoms with Gasteiger partial charge in [0, 0.05) is 24.5 Å². The van der Waals surface area contributed by atoms with Crippen LogP contribution in [0.3, 0.4) is 0 Å². The van der Waals surface area contributed by atoms with Gasteiger partial charge in [-0.2, -0.15) is 0 Å². The molecule has 25 heavy (non-hydrogen) atoms. The first kappa shape index (κ1) is 17.7. The van der Waals surface area contributed by atoms with E-state index in [1.807, 2.05) is 6.07 Å². The minimum atomic E-state index is -0.815. The van der Waals surface area contributed by atoms with Crippen LogP contribution in [0.4, 0.5) is 0 Å². The van der Waals surface area contributed by atoms with Gasteiger partial charge in [0.2, 0.25) is 11.8 Å². The van der Waals surface area contributed by atoms with Gasteiger partial charge in [0.25, 0.3) is 0 Å². The largest absolute Gasteiger partial charge is 0.481 e. The molecule has 0 bridgehead atoms. The first-order valence-electron chi connectivity index (χ1n) is 8.41. The molecule has 1 heterocycles. The van der Waals surface area contributed by atoms with Gasteiger partial charge in [-0.1, -0.05) is 23.7 Å². The molecular weight excluding hydrogens is 344 g/mol. The Morgan fingerprint density at radius 1 is 1.32 bits per heavy atom. The first-order chi connectivity index (χ1) is 11.9. The van der Waals surface area contributed by atoms with Crippen LogP contribution in [-0.2, 0) is 14.4 Å². The van der Waals surface area contributed by atoms with Crippen molar-refractivity contribution in [1.82, 2.24) is 10.2 Å². The van der Waals surface area contributed by atoms with Crippen molar-refractivity contribution >= 4 is 29.4 Å². The van der Waals surface area contributed by atoms with E-state index in [-0.39, 0.29) is 30.3 Å². The maximum absolute atomic E-state index is 12.8. The fourth-order valence-electron chi connectivity index (χ4n) is 3.90. The summed E-state index contributed by atoms with van der Waals surface area (Å²) in [6, 6.07) is 6.69. The lowest BCUT2D eigenvalue weighted by atomic mass is 9.92. The molecule has 1 aromatic rings. The lowest BCUT2D eigenvalue weighted by Crippen LogP contribution is -2.39. The number of amides is 2. The Morgan fingerprint density at radius 2 is 2.08 bits per heavy atom. The van der Waals surface area contributed by atoms with Crippen LogP contribution in [0, 0.1) is 11.8 Å². The Balaban J connectivity index is 1.74. The van der Waals surface area contributed by atoms with Crippen LogP contribution < -0.4 is 5.32 Å². The quantitative estimate of drug-likeness (QED) is 0.857. The number of carbonyl (C=O) groups is 3. The highest BCUT2D eigenvalue weighted by atomic mass is 35.5. The second-order valence-electron chi connectivity index (χ2n) is 6.87. The lowest BCUT2D eigenvalue weighted by molar-refractivity contribution is -0.141. The van der Waals surface area contributed by atoms with Crippen molar-refractivity contribution in [3.8, 4) is 0 Å². The molecule has 2 fully saturated rings. The molecule has 6 nitrogen and oxygen atoms in total. The Bertz CT molecular complexity index is 708. The summed E-state index contributed by atoms with van der Waals surface area (Å²) in [5.41, 5.74) is 0.829. The Labute approximate surface area is 151 Å². The van der Waals surface area contributed by atoms with Crippen LogP contribution in [0.2, 0.25) is 5.02 Å². The second kappa shape index (κ2) is 7.04. The number of carbonyl (C=O) groups excluding carboxylic acids is 2. The van der Waals surface area contributed by atoms with E-state index in [1.165, 1.54) is 0 Å². The summed E-state index contributed by atoms with van der Waals surface area (Å²) in [5, 5.41) is 12.6. The summed E-state index contributed by atoms with van der Waals surface area (Å²) in [6.45, 7) is 0. The van der Waals surface area contributed by atoms with E-state index >= 15 is 0 Å². The highest BCUT2D eigenvalue weighted by Gasteiger charge is 2.43. The first-order valence-corrected chi connectivity index (χ1v) is 8.79. The molecule has 2 N–H and O–H groups in total. The molecule has 1 saturated carbocycles. The van der Waals surface area contributed by atoms with Crippen LogP contribution in [0.15, 0.2) is 24.3 Å². The van der Waals surface area contributed by atoms with Crippen LogP contribution in [0.5, 0.6) is 0 Å². The van der Waals surface area contributed by atoms with Gasteiger partial charge in [-0.15, -0.1) is 0 Å². The van der Waals surface area contributed by atoms with Gasteiger partial charge in [-0.05, 0) is 37.0 Å². The molecule has 1 aliphatic heterocycles. The standard InChI is InChI=1S/C18H21ClN2O4/c1-21-15(22)9-14(16(21)10-3-2-4-12(19)7-10)17(23)20-13-6-5-11(8-13)18(24)25/h2-4,7,11,13-14,16H,5-6,8-9H2,1H3,(H,20,23)(H,24,25)/t11-,13+,14?,16?/m0/s1. The zero-order valence-electron chi connectivity index (χ0n) is 13.9. The topological polar surface area (TPSA) is 86.7 Å². The summed E-state index contributed by atoms with van der Waals surface area (Å²) in [7, 11) is 1.69. The third-order valence-electron chi connectivity index (χ3n) is 5.24. The Morgan fingerprint density at radius 3 is 2.72 bits per heavy atom. The number of aliphatic carboxylic acids is 1. The molecule has 3 rings (SSSR count). The van der Waals surface area contributed by atoms with E-state index in [1.54, 1.807) is 30.1 Å². The zero-order chi connectivity index (χ0) is 18.1. The summed E-state index contributed by atoms with van der Waals surface area (Å²) in [4.78, 5) is 37.6. The minimum Gasteiger partial charge on any atom is -0.481 e. The minimum absolute atomic E-state index is 0.0834. The van der Waals surface area contributed by atoms with E-state index in [2.05, 4.69) is 5.32 Å². The molecule has 1 aliphatic carbocycles. The lowest BCUT2D eigenvalue weighted by Gasteiger charge is -2.26. The van der Waals surface area contributed by atoms with Gasteiger partial charge < -0.3 is 15.3 Å². The van der Waals surface area contributed by atoms with Gasteiger partial charge >= 0.3 is 5.97 Å². The van der Waals surface area contributed by atoms with Crippen LogP contribution in [0.25, 0.3) is 0 Å². The number of nitrogens with zero attached hydrogens (tertiary/aromatic N) is 1. The monoisotopic (exact) mass is 364 g/mol. The molecule has 1 aromatic carbocycles. The number of halogens is 1. The highest BCUT2D eigenvalue weighted by Crippen LogP contribution is 2.38. The fourth-order valence-corrected chi connectivity index (χ4v) is 4.10. The van der Waals surface area contributed by atoms with Crippen molar-refractivity contribution in [1.29, 1.82) is 0 Å². The van der Waals surface area contributed by atoms with Crippen LogP contribution in [0.1, 0.15) is 37.3 Å². The van der Waals surface area contributed by atoms with E-state index in [0.717, 1.165) is 5.56 Å². The summed E-state index contributed by atoms with van der Waals surface area (Å²) in [6.07, 6.45) is 1.82. The predicted octanol–water partition coefficient (Wildman–Crippen LogP) is 2.23. The van der Waals surface area contributed by atoms with Gasteiger partial charge in [0.05, 0.1) is 17.9 Å². The van der Waals surface area contributed by atoms with Crippen molar-refractivity contribution in [2.45, 2.75) is 37.8 Å². The number of carboxylic acid groups (broad SMARTS) is 1. The average molecular weight is 365 g/mol. The number of carboxylic acids is 1. The molecule has 2 unspecified atom stereocenters. The van der Waals surface area contributed by atoms with Crippen molar-refractivity contribution in [3.05, 3.63) is 34.9 Å². The van der Waals surface area contributed by atoms with Gasteiger partial charge in [0.15, 0.2) is 0 Å². The Hall–Kier alpha value is -2.08. The molecule has 7 heteroatoms. The normalized spacial score (nSPS) is 29.0. The molecule has 4 atom stereocenters. The third kappa shape index (κ3) is 3.63. The van der Waals surface area contributed by atoms with Crippen molar-refractivity contribution < 1.29 is 19.5 Å². The molecule has 2 amide bonds. The molecule has 0 aromatic heterocycles. The maximum Gasteiger partial charge on any atom is 0.306 e. The number of nitrogens with one attached hydrogen (secondary N) is 1. The van der Waals surface area contributed by atoms with Crippen LogP contribution >= 0.6 is 11.6 Å². The molecule has 0 radical (unpaired) electrons. The molecular formula is C18H21ClN2O4. The van der Waals surface area contributed by atoms with Crippen molar-refractivity contribution in [3.63, 3.8) is 0 Å². The van der Waals surface area contributed by atoms with Crippen LogP contribution in [-0.4, -0.2) is 40.9 Å². The van der Waals surface area contributed by atoms with Crippen molar-refractivity contribution in [2.75, 3.05) is 7.05 Å². The highest BCUT2D eigenvalue weighted by molar-refractivity contribution is 6.30. The summed E-state index contributed by atoms with van der Waals surface area (Å²) in [5.74, 6) is -2.00. The van der Waals surface area contributed by atoms with Gasteiger partial charge in [-0.25, -0.2) is 0 Å². The average Bonchev–Trinajstić information content (AvgIpc) is 3.13. The van der Waals surface area contributed by atoms with Gasteiger partial charge in [0.1, 0.15) is 0 Å². The van der Waals surface area contributed by atoms with E-state index in [9.17, 15) is 14.4 Å². The summed E-state index contributed by atoms with van der Waals surface area (Å²) < 4.78 is 0. The number of rotatable bonds is 4. The molecule has 134 valence electrons. The fraction of sp³-hybridized carbons (Fsp3) is 0.500. The number of hydrogen-bond acceptors (Lipinski definition) is 3. The van der Waals surface area contributed by atoms with Gasteiger partial charge in [-0.3, -0.25) is 14.4 Å². The van der Waals surface area contributed by atoms with Crippen molar-refractivity contribution in [2.24, 2.45) is 11.8 Å². The SMILES string of the molecule is CN1C(=O)CC(C(=O)N[C@@H]2CC[C@H](C(=O)O)C2)C1c1cccc(Cl)c1. The maximum atomic E-state index is 12.8. The third-order valence-corrected chi connectivity index (χ3v) is 5.48. The number of hydrogen-bond donors (Lipinski definition) is 2. The van der Waals surface area contributed by atoms with E-state index in [0.29, 0.717) is 24.3 Å². The molecule has 1 saturated heterocycles. The van der Waals surface area contributed by atoms with E-state index in [4.69, 9.17) is 16.7 Å². The molecule has 2 aliphatic rings. The smallest absolute Gasteiger partial charge is 0.306 e. The number of likely N-dealkylation sites (tertiary alicyclic amines) is 1. The summed E-state index contributed by atoms with van der Waals surface area (Å²) >= 11 is 6.06. The Kier molecular flexibility index (Phi) is 4.99. The zero-order valence-corrected chi connectivity index (χ0v) is 14.7.